The average molecular weight is 234 g/mol. The van der Waals surface area contributed by atoms with Crippen molar-refractivity contribution < 1.29 is 24.2 Å². The standard InChI is InChI=1S/C12H7FO4/c13-10-5-8(12(16)17)3-6-1-2-7(11(14)15)4-9(6)10/h1-5H,(H,14,15)(H,16,17). The Balaban J connectivity index is 2.72. The minimum Gasteiger partial charge on any atom is -0.478 e. The highest BCUT2D eigenvalue weighted by Crippen LogP contribution is 2.21. The number of carbonyl (C=O) groups is 2. The van der Waals surface area contributed by atoms with Crippen molar-refractivity contribution in [2.75, 3.05) is 0 Å². The van der Waals surface area contributed by atoms with Gasteiger partial charge in [0.15, 0.2) is 0 Å². The first-order valence-electron chi connectivity index (χ1n) is 4.69. The highest BCUT2D eigenvalue weighted by atomic mass is 19.1. The third-order valence-electron chi connectivity index (χ3n) is 2.40. The Labute approximate surface area is 94.9 Å². The summed E-state index contributed by atoms with van der Waals surface area (Å²) in [5.41, 5.74) is -0.211. The smallest absolute Gasteiger partial charge is 0.335 e. The molecule has 17 heavy (non-hydrogen) atoms. The fraction of sp³-hybridized carbons (Fsp3) is 0. The van der Waals surface area contributed by atoms with Crippen LogP contribution in [0.1, 0.15) is 20.7 Å². The summed E-state index contributed by atoms with van der Waals surface area (Å²) in [5, 5.41) is 18.0. The molecule has 4 nitrogen and oxygen atoms in total. The quantitative estimate of drug-likeness (QED) is 0.836. The number of benzene rings is 2. The van der Waals surface area contributed by atoms with E-state index in [-0.39, 0.29) is 16.5 Å². The molecule has 0 spiro atoms. The van der Waals surface area contributed by atoms with E-state index >= 15 is 0 Å². The molecule has 0 radical (unpaired) electrons. The van der Waals surface area contributed by atoms with Crippen molar-refractivity contribution in [3.05, 3.63) is 47.3 Å². The van der Waals surface area contributed by atoms with Crippen LogP contribution in [-0.4, -0.2) is 22.2 Å². The number of aromatic carboxylic acids is 2. The summed E-state index contributed by atoms with van der Waals surface area (Å²) in [5.74, 6) is -3.13. The largest absolute Gasteiger partial charge is 0.478 e. The summed E-state index contributed by atoms with van der Waals surface area (Å²) in [6.07, 6.45) is 0. The van der Waals surface area contributed by atoms with Crippen molar-refractivity contribution in [2.45, 2.75) is 0 Å². The van der Waals surface area contributed by atoms with Crippen molar-refractivity contribution in [1.29, 1.82) is 0 Å². The van der Waals surface area contributed by atoms with Gasteiger partial charge in [0.2, 0.25) is 0 Å². The van der Waals surface area contributed by atoms with Crippen molar-refractivity contribution in [3.63, 3.8) is 0 Å². The van der Waals surface area contributed by atoms with Gasteiger partial charge in [0, 0.05) is 5.39 Å². The van der Waals surface area contributed by atoms with E-state index in [2.05, 4.69) is 0 Å². The maximum Gasteiger partial charge on any atom is 0.335 e. The van der Waals surface area contributed by atoms with Gasteiger partial charge in [-0.15, -0.1) is 0 Å². The SMILES string of the molecule is O=C(O)c1cc(F)c2cc(C(=O)O)ccc2c1. The molecule has 0 aromatic heterocycles. The van der Waals surface area contributed by atoms with E-state index in [1.165, 1.54) is 24.3 Å². The number of fused-ring (bicyclic) bond motifs is 1. The predicted octanol–water partition coefficient (Wildman–Crippen LogP) is 2.38. The van der Waals surface area contributed by atoms with E-state index in [4.69, 9.17) is 10.2 Å². The molecule has 2 aromatic rings. The van der Waals surface area contributed by atoms with Gasteiger partial charge in [0.1, 0.15) is 5.82 Å². The third kappa shape index (κ3) is 1.94. The van der Waals surface area contributed by atoms with Crippen LogP contribution in [0, 0.1) is 5.82 Å². The topological polar surface area (TPSA) is 74.6 Å². The van der Waals surface area contributed by atoms with Gasteiger partial charge in [-0.05, 0) is 29.7 Å². The van der Waals surface area contributed by atoms with Crippen molar-refractivity contribution in [1.82, 2.24) is 0 Å². The monoisotopic (exact) mass is 234 g/mol. The number of carboxylic acids is 2. The maximum atomic E-state index is 13.6. The number of carboxylic acid groups (broad SMARTS) is 2. The van der Waals surface area contributed by atoms with Crippen molar-refractivity contribution in [3.8, 4) is 0 Å². The molecule has 0 aliphatic heterocycles. The number of hydrogen-bond acceptors (Lipinski definition) is 2. The molecule has 5 heteroatoms. The summed E-state index contributed by atoms with van der Waals surface area (Å²) in [6, 6.07) is 6.03. The molecule has 0 unspecified atom stereocenters. The Morgan fingerprint density at radius 1 is 0.941 bits per heavy atom. The maximum absolute atomic E-state index is 13.6. The lowest BCUT2D eigenvalue weighted by Crippen LogP contribution is -1.99. The van der Waals surface area contributed by atoms with E-state index in [9.17, 15) is 14.0 Å². The molecule has 0 bridgehead atoms. The lowest BCUT2D eigenvalue weighted by molar-refractivity contribution is 0.0685. The van der Waals surface area contributed by atoms with Gasteiger partial charge in [-0.2, -0.15) is 0 Å². The van der Waals surface area contributed by atoms with Crippen LogP contribution in [0.3, 0.4) is 0 Å². The molecule has 0 saturated heterocycles. The minimum absolute atomic E-state index is 0.0422. The number of halogens is 1. The Morgan fingerprint density at radius 2 is 1.59 bits per heavy atom. The van der Waals surface area contributed by atoms with E-state index in [0.717, 1.165) is 6.07 Å². The average Bonchev–Trinajstić information content (AvgIpc) is 2.28. The summed E-state index contributed by atoms with van der Waals surface area (Å²) < 4.78 is 13.6. The van der Waals surface area contributed by atoms with Gasteiger partial charge in [0.25, 0.3) is 0 Å². The van der Waals surface area contributed by atoms with Crippen LogP contribution >= 0.6 is 0 Å². The molecule has 0 heterocycles. The van der Waals surface area contributed by atoms with Crippen LogP contribution < -0.4 is 0 Å². The van der Waals surface area contributed by atoms with Gasteiger partial charge in [-0.1, -0.05) is 6.07 Å². The second kappa shape index (κ2) is 3.86. The molecule has 0 saturated carbocycles. The van der Waals surface area contributed by atoms with E-state index in [1.807, 2.05) is 0 Å². The molecule has 0 fully saturated rings. The third-order valence-corrected chi connectivity index (χ3v) is 2.40. The van der Waals surface area contributed by atoms with Crippen LogP contribution in [0.5, 0.6) is 0 Å². The number of hydrogen-bond donors (Lipinski definition) is 2. The lowest BCUT2D eigenvalue weighted by Gasteiger charge is -2.03. The Kier molecular flexibility index (Phi) is 2.51. The van der Waals surface area contributed by atoms with E-state index in [0.29, 0.717) is 5.39 Å². The van der Waals surface area contributed by atoms with E-state index in [1.54, 1.807) is 0 Å². The van der Waals surface area contributed by atoms with Crippen molar-refractivity contribution in [2.24, 2.45) is 0 Å². The highest BCUT2D eigenvalue weighted by molar-refractivity contribution is 5.98. The Bertz CT molecular complexity index is 634. The van der Waals surface area contributed by atoms with Gasteiger partial charge in [-0.25, -0.2) is 14.0 Å². The molecule has 0 aliphatic carbocycles. The zero-order valence-corrected chi connectivity index (χ0v) is 8.48. The first-order chi connectivity index (χ1) is 7.99. The molecule has 0 aliphatic rings. The molecule has 2 rings (SSSR count). The zero-order valence-electron chi connectivity index (χ0n) is 8.48. The van der Waals surface area contributed by atoms with Gasteiger partial charge in [0.05, 0.1) is 11.1 Å². The van der Waals surface area contributed by atoms with Gasteiger partial charge >= 0.3 is 11.9 Å². The molecule has 0 amide bonds. The van der Waals surface area contributed by atoms with Gasteiger partial charge < -0.3 is 10.2 Å². The summed E-state index contributed by atoms with van der Waals surface area (Å²) in [6.45, 7) is 0. The van der Waals surface area contributed by atoms with Crippen LogP contribution in [-0.2, 0) is 0 Å². The normalized spacial score (nSPS) is 10.4. The van der Waals surface area contributed by atoms with Crippen LogP contribution in [0.2, 0.25) is 0 Å². The fourth-order valence-electron chi connectivity index (χ4n) is 1.57. The van der Waals surface area contributed by atoms with Crippen LogP contribution in [0.4, 0.5) is 4.39 Å². The summed E-state index contributed by atoms with van der Waals surface area (Å²) in [7, 11) is 0. The fourth-order valence-corrected chi connectivity index (χ4v) is 1.57. The predicted molar refractivity (Wildman–Crippen MR) is 57.8 cm³/mol. The van der Waals surface area contributed by atoms with E-state index < -0.39 is 17.8 Å². The molecule has 86 valence electrons. The molecule has 2 N–H and O–H groups in total. The Morgan fingerprint density at radius 3 is 2.18 bits per heavy atom. The lowest BCUT2D eigenvalue weighted by atomic mass is 10.0. The second-order valence-corrected chi connectivity index (χ2v) is 3.50. The first-order valence-corrected chi connectivity index (χ1v) is 4.69. The molecule has 0 atom stereocenters. The summed E-state index contributed by atoms with van der Waals surface area (Å²) in [4.78, 5) is 21.4. The minimum atomic E-state index is -1.23. The molecular formula is C12H7FO4. The Hall–Kier alpha value is -2.43. The van der Waals surface area contributed by atoms with Crippen LogP contribution in [0.15, 0.2) is 30.3 Å². The van der Waals surface area contributed by atoms with Gasteiger partial charge in [-0.3, -0.25) is 0 Å². The van der Waals surface area contributed by atoms with Crippen molar-refractivity contribution >= 4 is 22.7 Å². The van der Waals surface area contributed by atoms with Crippen LogP contribution in [0.25, 0.3) is 10.8 Å². The number of rotatable bonds is 2. The second-order valence-electron chi connectivity index (χ2n) is 3.50. The molecule has 2 aromatic carbocycles. The highest BCUT2D eigenvalue weighted by Gasteiger charge is 2.11. The summed E-state index contributed by atoms with van der Waals surface area (Å²) >= 11 is 0. The zero-order chi connectivity index (χ0) is 12.6. The first kappa shape index (κ1) is 11.1. The molecular weight excluding hydrogens is 227 g/mol.